The van der Waals surface area contributed by atoms with Crippen LogP contribution in [0.4, 0.5) is 10.2 Å². The summed E-state index contributed by atoms with van der Waals surface area (Å²) in [5.41, 5.74) is 11.0. The van der Waals surface area contributed by atoms with Crippen LogP contribution in [0, 0.1) is 5.82 Å². The number of imidazole rings is 1. The van der Waals surface area contributed by atoms with E-state index in [-0.39, 0.29) is 12.4 Å². The number of nitrogens with zero attached hydrogens (tertiary/aromatic N) is 4. The molecular weight excluding hydrogens is 393 g/mol. The predicted molar refractivity (Wildman–Crippen MR) is 118 cm³/mol. The van der Waals surface area contributed by atoms with Gasteiger partial charge in [0.15, 0.2) is 11.5 Å². The monoisotopic (exact) mass is 411 g/mol. The minimum atomic E-state index is -0.323. The van der Waals surface area contributed by atoms with Crippen molar-refractivity contribution >= 4 is 17.0 Å². The molecule has 0 saturated heterocycles. The lowest BCUT2D eigenvalue weighted by atomic mass is 10.1. The fraction of sp³-hybridized carbons (Fsp3) is 0.0417. The SMILES string of the molecule is Nc1ncccc1-c1nc2ccc(-c3cccc(F)c3)nc2n1-c1ccc(CO)cc1. The number of pyridine rings is 2. The van der Waals surface area contributed by atoms with E-state index in [1.165, 1.54) is 12.1 Å². The van der Waals surface area contributed by atoms with Gasteiger partial charge in [-0.3, -0.25) is 4.57 Å². The fourth-order valence-electron chi connectivity index (χ4n) is 3.55. The lowest BCUT2D eigenvalue weighted by Gasteiger charge is -2.11. The van der Waals surface area contributed by atoms with E-state index in [9.17, 15) is 9.50 Å². The van der Waals surface area contributed by atoms with Crippen LogP contribution in [-0.2, 0) is 6.61 Å². The Morgan fingerprint density at radius 1 is 0.935 bits per heavy atom. The van der Waals surface area contributed by atoms with Gasteiger partial charge in [-0.05, 0) is 54.1 Å². The van der Waals surface area contributed by atoms with Crippen molar-refractivity contribution in [2.45, 2.75) is 6.61 Å². The van der Waals surface area contributed by atoms with Gasteiger partial charge in [0.1, 0.15) is 17.2 Å². The van der Waals surface area contributed by atoms with Crippen LogP contribution in [0.1, 0.15) is 5.56 Å². The molecule has 5 aromatic rings. The zero-order chi connectivity index (χ0) is 21.4. The zero-order valence-electron chi connectivity index (χ0n) is 16.4. The summed E-state index contributed by atoms with van der Waals surface area (Å²) in [6.07, 6.45) is 1.63. The normalized spacial score (nSPS) is 11.2. The third-order valence-electron chi connectivity index (χ3n) is 5.08. The number of halogens is 1. The minimum absolute atomic E-state index is 0.0463. The Bertz CT molecular complexity index is 1400. The van der Waals surface area contributed by atoms with E-state index < -0.39 is 0 Å². The molecule has 0 atom stereocenters. The molecule has 0 unspecified atom stereocenters. The van der Waals surface area contributed by atoms with Gasteiger partial charge in [0.25, 0.3) is 0 Å². The molecule has 7 heteroatoms. The van der Waals surface area contributed by atoms with Gasteiger partial charge in [-0.15, -0.1) is 0 Å². The molecule has 0 aliphatic carbocycles. The highest BCUT2D eigenvalue weighted by atomic mass is 19.1. The summed E-state index contributed by atoms with van der Waals surface area (Å²) in [6, 6.07) is 21.1. The summed E-state index contributed by atoms with van der Waals surface area (Å²) in [7, 11) is 0. The molecule has 152 valence electrons. The summed E-state index contributed by atoms with van der Waals surface area (Å²) in [5, 5.41) is 9.40. The van der Waals surface area contributed by atoms with Crippen LogP contribution in [0.3, 0.4) is 0 Å². The summed E-state index contributed by atoms with van der Waals surface area (Å²) in [4.78, 5) is 13.8. The molecular formula is C24H18FN5O. The fourth-order valence-corrected chi connectivity index (χ4v) is 3.55. The number of benzene rings is 2. The number of hydrogen-bond donors (Lipinski definition) is 2. The maximum atomic E-state index is 13.8. The van der Waals surface area contributed by atoms with Crippen molar-refractivity contribution in [2.75, 3.05) is 5.73 Å². The Morgan fingerprint density at radius 2 is 1.77 bits per heavy atom. The molecule has 0 saturated carbocycles. The standard InChI is InChI=1S/C24H18FN5O/c25-17-4-1-3-16(13-17)20-10-11-21-24(28-20)30(18-8-6-15(14-31)7-9-18)23(29-21)19-5-2-12-27-22(19)26/h1-13,31H,14H2,(H2,26,27). The van der Waals surface area contributed by atoms with Gasteiger partial charge in [0, 0.05) is 17.4 Å². The van der Waals surface area contributed by atoms with E-state index in [1.807, 2.05) is 53.1 Å². The first kappa shape index (κ1) is 18.9. The van der Waals surface area contributed by atoms with Crippen LogP contribution >= 0.6 is 0 Å². The molecule has 6 nitrogen and oxygen atoms in total. The molecule has 3 aromatic heterocycles. The zero-order valence-corrected chi connectivity index (χ0v) is 16.4. The molecule has 0 amide bonds. The number of aliphatic hydroxyl groups excluding tert-OH is 1. The summed E-state index contributed by atoms with van der Waals surface area (Å²) in [5.74, 6) is 0.633. The molecule has 5 rings (SSSR count). The Kier molecular flexibility index (Phi) is 4.65. The van der Waals surface area contributed by atoms with Gasteiger partial charge in [-0.2, -0.15) is 0 Å². The Labute approximate surface area is 177 Å². The highest BCUT2D eigenvalue weighted by Crippen LogP contribution is 2.31. The second-order valence-corrected chi connectivity index (χ2v) is 7.08. The largest absolute Gasteiger partial charge is 0.392 e. The van der Waals surface area contributed by atoms with Crippen molar-refractivity contribution in [1.82, 2.24) is 19.5 Å². The molecule has 0 aliphatic rings. The molecule has 3 N–H and O–H groups in total. The van der Waals surface area contributed by atoms with E-state index in [1.54, 1.807) is 18.3 Å². The van der Waals surface area contributed by atoms with E-state index in [0.717, 1.165) is 11.3 Å². The molecule has 0 fully saturated rings. The molecule has 2 aromatic carbocycles. The van der Waals surface area contributed by atoms with Gasteiger partial charge in [0.2, 0.25) is 0 Å². The van der Waals surface area contributed by atoms with Gasteiger partial charge in [-0.25, -0.2) is 19.3 Å². The van der Waals surface area contributed by atoms with Crippen molar-refractivity contribution in [1.29, 1.82) is 0 Å². The first-order valence-electron chi connectivity index (χ1n) is 9.70. The molecule has 0 aliphatic heterocycles. The molecule has 3 heterocycles. The third-order valence-corrected chi connectivity index (χ3v) is 5.08. The number of aromatic nitrogens is 4. The number of fused-ring (bicyclic) bond motifs is 1. The first-order chi connectivity index (χ1) is 15.1. The highest BCUT2D eigenvalue weighted by Gasteiger charge is 2.18. The maximum absolute atomic E-state index is 13.8. The average molecular weight is 411 g/mol. The first-order valence-corrected chi connectivity index (χ1v) is 9.70. The van der Waals surface area contributed by atoms with E-state index >= 15 is 0 Å². The van der Waals surface area contributed by atoms with Crippen LogP contribution in [0.2, 0.25) is 0 Å². The minimum Gasteiger partial charge on any atom is -0.392 e. The van der Waals surface area contributed by atoms with E-state index in [2.05, 4.69) is 4.98 Å². The maximum Gasteiger partial charge on any atom is 0.165 e. The molecule has 0 radical (unpaired) electrons. The van der Waals surface area contributed by atoms with Gasteiger partial charge in [-0.1, -0.05) is 24.3 Å². The number of nitrogen functional groups attached to an aromatic ring is 1. The van der Waals surface area contributed by atoms with Crippen molar-refractivity contribution in [3.8, 4) is 28.3 Å². The van der Waals surface area contributed by atoms with Crippen molar-refractivity contribution in [2.24, 2.45) is 0 Å². The number of nitrogens with two attached hydrogens (primary N) is 1. The second-order valence-electron chi connectivity index (χ2n) is 7.08. The van der Waals surface area contributed by atoms with E-state index in [4.69, 9.17) is 15.7 Å². The molecule has 31 heavy (non-hydrogen) atoms. The number of anilines is 1. The lowest BCUT2D eigenvalue weighted by molar-refractivity contribution is 0.282. The Balaban J connectivity index is 1.79. The number of rotatable bonds is 4. The van der Waals surface area contributed by atoms with Crippen molar-refractivity contribution in [3.63, 3.8) is 0 Å². The van der Waals surface area contributed by atoms with Crippen molar-refractivity contribution < 1.29 is 9.50 Å². The summed E-state index contributed by atoms with van der Waals surface area (Å²) in [6.45, 7) is -0.0463. The third kappa shape index (κ3) is 3.41. The van der Waals surface area contributed by atoms with Crippen LogP contribution in [0.15, 0.2) is 79.0 Å². The second kappa shape index (κ2) is 7.62. The topological polar surface area (TPSA) is 89.9 Å². The number of hydrogen-bond acceptors (Lipinski definition) is 5. The number of aliphatic hydroxyl groups is 1. The van der Waals surface area contributed by atoms with Crippen LogP contribution in [-0.4, -0.2) is 24.6 Å². The van der Waals surface area contributed by atoms with Gasteiger partial charge >= 0.3 is 0 Å². The molecule has 0 spiro atoms. The average Bonchev–Trinajstić information content (AvgIpc) is 3.18. The summed E-state index contributed by atoms with van der Waals surface area (Å²) < 4.78 is 15.7. The highest BCUT2D eigenvalue weighted by molar-refractivity contribution is 5.84. The van der Waals surface area contributed by atoms with Gasteiger partial charge < -0.3 is 10.8 Å². The predicted octanol–water partition coefficient (Wildman–Crippen LogP) is 4.36. The van der Waals surface area contributed by atoms with E-state index in [0.29, 0.717) is 39.6 Å². The Morgan fingerprint density at radius 3 is 2.52 bits per heavy atom. The smallest absolute Gasteiger partial charge is 0.165 e. The van der Waals surface area contributed by atoms with Crippen LogP contribution in [0.25, 0.3) is 39.5 Å². The van der Waals surface area contributed by atoms with Gasteiger partial charge in [0.05, 0.1) is 17.9 Å². The Hall–Kier alpha value is -4.10. The van der Waals surface area contributed by atoms with Crippen molar-refractivity contribution in [3.05, 3.63) is 90.4 Å². The molecule has 0 bridgehead atoms. The summed E-state index contributed by atoms with van der Waals surface area (Å²) >= 11 is 0. The van der Waals surface area contributed by atoms with Crippen LogP contribution < -0.4 is 5.73 Å². The lowest BCUT2D eigenvalue weighted by Crippen LogP contribution is -2.02. The van der Waals surface area contributed by atoms with Crippen LogP contribution in [0.5, 0.6) is 0 Å². The quantitative estimate of drug-likeness (QED) is 0.459.